The van der Waals surface area contributed by atoms with Gasteiger partial charge in [-0.25, -0.2) is 4.39 Å². The van der Waals surface area contributed by atoms with Crippen LogP contribution in [0.3, 0.4) is 0 Å². The molecule has 2 aromatic carbocycles. The topological polar surface area (TPSA) is 104 Å². The minimum Gasteiger partial charge on any atom is -0.493 e. The van der Waals surface area contributed by atoms with Gasteiger partial charge in [0.1, 0.15) is 11.5 Å². The van der Waals surface area contributed by atoms with Crippen LogP contribution >= 0.6 is 0 Å². The summed E-state index contributed by atoms with van der Waals surface area (Å²) in [5.74, 6) is -0.660. The molecule has 0 saturated carbocycles. The zero-order valence-corrected chi connectivity index (χ0v) is 22.1. The number of hydrogen-bond acceptors (Lipinski definition) is 6. The molecule has 0 saturated heterocycles. The van der Waals surface area contributed by atoms with E-state index in [1.165, 1.54) is 23.1 Å². The Balaban J connectivity index is 1.75. The maximum absolute atomic E-state index is 14.6. The van der Waals surface area contributed by atoms with Crippen LogP contribution in [0.4, 0.5) is 10.1 Å². The number of rotatable bonds is 9. The SMILES string of the molecule is CCN(CC)C(=O)c1ccc(NC(=O)C(=N)/C=C2/CC/C=C\C=C(\c3ccc(OC)c(OC)c3)N2)cc1F. The second-order valence-corrected chi connectivity index (χ2v) is 8.45. The predicted octanol–water partition coefficient (Wildman–Crippen LogP) is 5.15. The van der Waals surface area contributed by atoms with Crippen LogP contribution in [0.2, 0.25) is 0 Å². The molecule has 3 rings (SSSR count). The quantitative estimate of drug-likeness (QED) is 0.397. The lowest BCUT2D eigenvalue weighted by molar-refractivity contribution is -0.110. The Morgan fingerprint density at radius 3 is 2.50 bits per heavy atom. The number of amides is 2. The van der Waals surface area contributed by atoms with E-state index in [4.69, 9.17) is 14.9 Å². The molecule has 0 fully saturated rings. The summed E-state index contributed by atoms with van der Waals surface area (Å²) >= 11 is 0. The summed E-state index contributed by atoms with van der Waals surface area (Å²) in [6, 6.07) is 9.41. The molecule has 0 bridgehead atoms. The number of ether oxygens (including phenoxy) is 2. The lowest BCUT2D eigenvalue weighted by Crippen LogP contribution is -2.31. The van der Waals surface area contributed by atoms with Crippen molar-refractivity contribution in [1.29, 1.82) is 5.41 Å². The predicted molar refractivity (Wildman–Crippen MR) is 147 cm³/mol. The summed E-state index contributed by atoms with van der Waals surface area (Å²) < 4.78 is 25.4. The standard InChI is InChI=1S/C29H33FN4O4/c1-5-34(6-2)29(36)22-14-13-21(17-23(22)30)33-28(35)24(31)18-20-10-8-7-9-11-25(32-20)19-12-15-26(37-3)27(16-19)38-4/h7,9,11-18,31-32H,5-6,8,10H2,1-4H3,(H,33,35)/b9-7-,20-18-,25-11-,31-24?. The molecule has 1 heterocycles. The lowest BCUT2D eigenvalue weighted by atomic mass is 10.1. The van der Waals surface area contributed by atoms with Crippen molar-refractivity contribution in [2.24, 2.45) is 0 Å². The molecule has 200 valence electrons. The maximum atomic E-state index is 14.6. The lowest BCUT2D eigenvalue weighted by Gasteiger charge is -2.19. The second-order valence-electron chi connectivity index (χ2n) is 8.45. The Morgan fingerprint density at radius 2 is 1.84 bits per heavy atom. The van der Waals surface area contributed by atoms with Gasteiger partial charge in [-0.2, -0.15) is 0 Å². The maximum Gasteiger partial charge on any atom is 0.273 e. The van der Waals surface area contributed by atoms with Crippen LogP contribution in [-0.4, -0.2) is 49.7 Å². The summed E-state index contributed by atoms with van der Waals surface area (Å²) in [7, 11) is 3.13. The zero-order valence-electron chi connectivity index (χ0n) is 22.1. The molecule has 0 atom stereocenters. The van der Waals surface area contributed by atoms with Crippen molar-refractivity contribution in [2.75, 3.05) is 32.6 Å². The number of halogens is 1. The summed E-state index contributed by atoms with van der Waals surface area (Å²) in [6.07, 6.45) is 8.60. The fraction of sp³-hybridized carbons (Fsp3) is 0.276. The number of nitrogens with one attached hydrogen (secondary N) is 3. The number of anilines is 1. The van der Waals surface area contributed by atoms with Gasteiger partial charge in [0.25, 0.3) is 11.8 Å². The number of hydrogen-bond donors (Lipinski definition) is 3. The van der Waals surface area contributed by atoms with Crippen LogP contribution in [0.25, 0.3) is 5.70 Å². The highest BCUT2D eigenvalue weighted by Crippen LogP contribution is 2.30. The van der Waals surface area contributed by atoms with Crippen LogP contribution < -0.4 is 20.1 Å². The Kier molecular flexibility index (Phi) is 9.81. The molecule has 2 amide bonds. The van der Waals surface area contributed by atoms with Gasteiger partial charge in [-0.05, 0) is 75.2 Å². The fourth-order valence-corrected chi connectivity index (χ4v) is 3.94. The van der Waals surface area contributed by atoms with Gasteiger partial charge in [0.05, 0.1) is 19.8 Å². The number of nitrogens with zero attached hydrogens (tertiary/aromatic N) is 1. The summed E-state index contributed by atoms with van der Waals surface area (Å²) in [5.41, 5.74) is 2.06. The molecule has 0 unspecified atom stereocenters. The monoisotopic (exact) mass is 520 g/mol. The van der Waals surface area contributed by atoms with Crippen molar-refractivity contribution in [1.82, 2.24) is 10.2 Å². The minimum atomic E-state index is -0.734. The van der Waals surface area contributed by atoms with Gasteiger partial charge in [-0.3, -0.25) is 15.0 Å². The van der Waals surface area contributed by atoms with Crippen LogP contribution in [-0.2, 0) is 4.79 Å². The third kappa shape index (κ3) is 6.88. The van der Waals surface area contributed by atoms with E-state index in [1.54, 1.807) is 20.3 Å². The van der Waals surface area contributed by atoms with E-state index in [0.717, 1.165) is 23.7 Å². The summed E-state index contributed by atoms with van der Waals surface area (Å²) in [4.78, 5) is 26.7. The first-order valence-electron chi connectivity index (χ1n) is 12.4. The number of benzene rings is 2. The van der Waals surface area contributed by atoms with Gasteiger partial charge in [0.15, 0.2) is 11.5 Å². The second kappa shape index (κ2) is 13.2. The van der Waals surface area contributed by atoms with E-state index in [-0.39, 0.29) is 17.0 Å². The molecule has 0 spiro atoms. The van der Waals surface area contributed by atoms with Crippen molar-refractivity contribution in [3.63, 3.8) is 0 Å². The van der Waals surface area contributed by atoms with Crippen molar-refractivity contribution in [3.8, 4) is 11.5 Å². The van der Waals surface area contributed by atoms with E-state index in [0.29, 0.717) is 36.7 Å². The average molecular weight is 521 g/mol. The summed E-state index contributed by atoms with van der Waals surface area (Å²) in [6.45, 7) is 4.57. The van der Waals surface area contributed by atoms with Gasteiger partial charge in [-0.1, -0.05) is 12.2 Å². The minimum absolute atomic E-state index is 0.0647. The normalized spacial score (nSPS) is 16.2. The van der Waals surface area contributed by atoms with Crippen molar-refractivity contribution >= 4 is 28.9 Å². The highest BCUT2D eigenvalue weighted by molar-refractivity contribution is 6.46. The highest BCUT2D eigenvalue weighted by Gasteiger charge is 2.18. The van der Waals surface area contributed by atoms with Crippen molar-refractivity contribution in [3.05, 3.63) is 83.3 Å². The first-order valence-corrected chi connectivity index (χ1v) is 12.4. The molecule has 0 radical (unpaired) electrons. The Morgan fingerprint density at radius 1 is 1.11 bits per heavy atom. The fourth-order valence-electron chi connectivity index (χ4n) is 3.94. The Labute approximate surface area is 222 Å². The van der Waals surface area contributed by atoms with Gasteiger partial charge >= 0.3 is 0 Å². The zero-order chi connectivity index (χ0) is 27.7. The molecule has 9 heteroatoms. The first-order chi connectivity index (χ1) is 18.3. The number of allylic oxidation sites excluding steroid dienone is 4. The number of carbonyl (C=O) groups is 2. The molecule has 1 aliphatic rings. The van der Waals surface area contributed by atoms with Gasteiger partial charge in [0.2, 0.25) is 0 Å². The van der Waals surface area contributed by atoms with E-state index >= 15 is 0 Å². The van der Waals surface area contributed by atoms with Crippen molar-refractivity contribution in [2.45, 2.75) is 26.7 Å². The molecule has 0 aliphatic carbocycles. The smallest absolute Gasteiger partial charge is 0.273 e. The molecular weight excluding hydrogens is 487 g/mol. The van der Waals surface area contributed by atoms with E-state index in [1.807, 2.05) is 44.2 Å². The number of carbonyl (C=O) groups excluding carboxylic acids is 2. The Bertz CT molecular complexity index is 1300. The molecule has 1 aliphatic heterocycles. The molecule has 38 heavy (non-hydrogen) atoms. The third-order valence-electron chi connectivity index (χ3n) is 6.04. The van der Waals surface area contributed by atoms with E-state index in [2.05, 4.69) is 10.6 Å². The molecule has 0 aromatic heterocycles. The molecule has 8 nitrogen and oxygen atoms in total. The number of methoxy groups -OCH3 is 2. The molecule has 2 aromatic rings. The first kappa shape index (κ1) is 28.2. The molecule has 3 N–H and O–H groups in total. The largest absolute Gasteiger partial charge is 0.493 e. The van der Waals surface area contributed by atoms with Crippen LogP contribution in [0.5, 0.6) is 11.5 Å². The van der Waals surface area contributed by atoms with Crippen molar-refractivity contribution < 1.29 is 23.5 Å². The molecular formula is C29H33FN4O4. The highest BCUT2D eigenvalue weighted by atomic mass is 19.1. The van der Waals surface area contributed by atoms with Crippen LogP contribution in [0.1, 0.15) is 42.6 Å². The van der Waals surface area contributed by atoms with Gasteiger partial charge < -0.3 is 25.0 Å². The van der Waals surface area contributed by atoms with E-state index < -0.39 is 17.6 Å². The average Bonchev–Trinajstić information content (AvgIpc) is 2.90. The summed E-state index contributed by atoms with van der Waals surface area (Å²) in [5, 5.41) is 14.2. The van der Waals surface area contributed by atoms with E-state index in [9.17, 15) is 14.0 Å². The Hall–Kier alpha value is -4.40. The van der Waals surface area contributed by atoms with Crippen LogP contribution in [0, 0.1) is 11.2 Å². The van der Waals surface area contributed by atoms with Gasteiger partial charge in [0, 0.05) is 35.7 Å². The van der Waals surface area contributed by atoms with Crippen LogP contribution in [0.15, 0.2) is 66.4 Å². The van der Waals surface area contributed by atoms with Gasteiger partial charge in [-0.15, -0.1) is 0 Å². The third-order valence-corrected chi connectivity index (χ3v) is 6.04.